The molecule has 2 N–H and O–H groups in total. The van der Waals surface area contributed by atoms with Gasteiger partial charge in [-0.3, -0.25) is 9.00 Å². The lowest BCUT2D eigenvalue weighted by atomic mass is 10.2. The van der Waals surface area contributed by atoms with Gasteiger partial charge in [-0.05, 0) is 43.3 Å². The van der Waals surface area contributed by atoms with Gasteiger partial charge in [-0.15, -0.1) is 0 Å². The Labute approximate surface area is 136 Å². The van der Waals surface area contributed by atoms with Crippen LogP contribution in [0, 0.1) is 0 Å². The standard InChI is InChI=1S/C17H17N3O2S/c1-11(16-19-14-5-3-4-6-15(14)20-16)18-17(21)12-7-9-13(10-8-12)23(2)22/h3-11H,1-2H3,(H,18,21)(H,19,20). The molecule has 2 atom stereocenters. The van der Waals surface area contributed by atoms with Crippen molar-refractivity contribution >= 4 is 27.7 Å². The summed E-state index contributed by atoms with van der Waals surface area (Å²) in [5.41, 5.74) is 2.35. The summed E-state index contributed by atoms with van der Waals surface area (Å²) < 4.78 is 11.4. The number of hydrogen-bond acceptors (Lipinski definition) is 3. The second kappa shape index (κ2) is 6.34. The third-order valence-corrected chi connectivity index (χ3v) is 4.55. The topological polar surface area (TPSA) is 74.8 Å². The number of H-pyrrole nitrogens is 1. The summed E-state index contributed by atoms with van der Waals surface area (Å²) in [6.45, 7) is 1.88. The molecule has 118 valence electrons. The van der Waals surface area contributed by atoms with Gasteiger partial charge in [0.1, 0.15) is 5.82 Å². The Morgan fingerprint density at radius 3 is 2.52 bits per heavy atom. The number of nitrogens with one attached hydrogen (secondary N) is 2. The number of amides is 1. The van der Waals surface area contributed by atoms with E-state index in [4.69, 9.17) is 0 Å². The maximum atomic E-state index is 12.3. The summed E-state index contributed by atoms with van der Waals surface area (Å²) in [6.07, 6.45) is 1.61. The molecule has 3 aromatic rings. The van der Waals surface area contributed by atoms with Gasteiger partial charge < -0.3 is 10.3 Å². The number of nitrogens with zero attached hydrogens (tertiary/aromatic N) is 1. The van der Waals surface area contributed by atoms with E-state index >= 15 is 0 Å². The van der Waals surface area contributed by atoms with Crippen molar-refractivity contribution in [3.05, 3.63) is 59.9 Å². The molecule has 23 heavy (non-hydrogen) atoms. The number of fused-ring (bicyclic) bond motifs is 1. The normalized spacial score (nSPS) is 13.7. The zero-order valence-corrected chi connectivity index (χ0v) is 13.7. The lowest BCUT2D eigenvalue weighted by Gasteiger charge is -2.11. The van der Waals surface area contributed by atoms with Crippen LogP contribution in [0.2, 0.25) is 0 Å². The smallest absolute Gasteiger partial charge is 0.251 e. The van der Waals surface area contributed by atoms with Crippen LogP contribution in [0.15, 0.2) is 53.4 Å². The number of carbonyl (C=O) groups is 1. The van der Waals surface area contributed by atoms with Gasteiger partial charge in [-0.2, -0.15) is 0 Å². The first-order chi connectivity index (χ1) is 11.0. The molecule has 0 saturated carbocycles. The van der Waals surface area contributed by atoms with Crippen molar-refractivity contribution in [3.8, 4) is 0 Å². The Hall–Kier alpha value is -2.47. The maximum absolute atomic E-state index is 12.3. The molecule has 6 heteroatoms. The fourth-order valence-electron chi connectivity index (χ4n) is 2.32. The summed E-state index contributed by atoms with van der Waals surface area (Å²) in [4.78, 5) is 20.7. The number of rotatable bonds is 4. The van der Waals surface area contributed by atoms with Crippen LogP contribution in [0.4, 0.5) is 0 Å². The van der Waals surface area contributed by atoms with Crippen LogP contribution in [0.1, 0.15) is 29.1 Å². The zero-order valence-electron chi connectivity index (χ0n) is 12.9. The third kappa shape index (κ3) is 3.32. The average Bonchev–Trinajstić information content (AvgIpc) is 2.99. The van der Waals surface area contributed by atoms with Gasteiger partial charge in [0.05, 0.1) is 17.1 Å². The molecule has 1 aromatic heterocycles. The Bertz CT molecular complexity index is 838. The van der Waals surface area contributed by atoms with Crippen LogP contribution in [0.5, 0.6) is 0 Å². The highest BCUT2D eigenvalue weighted by molar-refractivity contribution is 7.84. The third-order valence-electron chi connectivity index (χ3n) is 3.61. The van der Waals surface area contributed by atoms with Crippen molar-refractivity contribution < 1.29 is 9.00 Å². The second-order valence-corrected chi connectivity index (χ2v) is 6.69. The molecular weight excluding hydrogens is 310 g/mol. The fourth-order valence-corrected chi connectivity index (χ4v) is 2.84. The number of imidazole rings is 1. The van der Waals surface area contributed by atoms with E-state index in [0.29, 0.717) is 16.3 Å². The van der Waals surface area contributed by atoms with Crippen LogP contribution in [-0.4, -0.2) is 26.3 Å². The predicted octanol–water partition coefficient (Wildman–Crippen LogP) is 2.79. The Morgan fingerprint density at radius 1 is 1.17 bits per heavy atom. The lowest BCUT2D eigenvalue weighted by Crippen LogP contribution is -2.27. The van der Waals surface area contributed by atoms with Gasteiger partial charge in [0, 0.05) is 27.5 Å². The molecule has 0 saturated heterocycles. The SMILES string of the molecule is CC(NC(=O)c1ccc(S(C)=O)cc1)c1nc2ccccc2[nH]1. The first-order valence-corrected chi connectivity index (χ1v) is 8.79. The summed E-state index contributed by atoms with van der Waals surface area (Å²) in [5, 5.41) is 2.91. The molecule has 0 bridgehead atoms. The Balaban J connectivity index is 1.74. The minimum Gasteiger partial charge on any atom is -0.342 e. The van der Waals surface area contributed by atoms with Crippen LogP contribution in [0.25, 0.3) is 11.0 Å². The molecule has 5 nitrogen and oxygen atoms in total. The van der Waals surface area contributed by atoms with Gasteiger partial charge in [-0.25, -0.2) is 4.98 Å². The van der Waals surface area contributed by atoms with Crippen LogP contribution < -0.4 is 5.32 Å². The molecule has 0 fully saturated rings. The van der Waals surface area contributed by atoms with E-state index in [9.17, 15) is 9.00 Å². The first kappa shape index (κ1) is 15.4. The highest BCUT2D eigenvalue weighted by atomic mass is 32.2. The van der Waals surface area contributed by atoms with E-state index < -0.39 is 10.8 Å². The van der Waals surface area contributed by atoms with Crippen LogP contribution >= 0.6 is 0 Å². The number of benzene rings is 2. The minimum atomic E-state index is -1.05. The van der Waals surface area contributed by atoms with Crippen molar-refractivity contribution in [2.45, 2.75) is 17.9 Å². The first-order valence-electron chi connectivity index (χ1n) is 7.23. The molecule has 0 aliphatic carbocycles. The van der Waals surface area contributed by atoms with E-state index in [-0.39, 0.29) is 11.9 Å². The van der Waals surface area contributed by atoms with E-state index in [0.717, 1.165) is 11.0 Å². The van der Waals surface area contributed by atoms with E-state index in [1.54, 1.807) is 30.5 Å². The monoisotopic (exact) mass is 327 g/mol. The number of aromatic nitrogens is 2. The van der Waals surface area contributed by atoms with Crippen LogP contribution in [-0.2, 0) is 10.8 Å². The summed E-state index contributed by atoms with van der Waals surface area (Å²) in [6, 6.07) is 14.3. The largest absolute Gasteiger partial charge is 0.342 e. The number of aromatic amines is 1. The summed E-state index contributed by atoms with van der Waals surface area (Å²) in [7, 11) is -1.05. The van der Waals surface area contributed by atoms with Crippen molar-refractivity contribution in [1.29, 1.82) is 0 Å². The molecule has 2 unspecified atom stereocenters. The zero-order chi connectivity index (χ0) is 16.4. The molecule has 1 amide bonds. The van der Waals surface area contributed by atoms with Gasteiger partial charge in [0.25, 0.3) is 5.91 Å². The van der Waals surface area contributed by atoms with Gasteiger partial charge in [0.15, 0.2) is 0 Å². The minimum absolute atomic E-state index is 0.189. The Kier molecular flexibility index (Phi) is 4.25. The molecule has 0 radical (unpaired) electrons. The predicted molar refractivity (Wildman–Crippen MR) is 90.7 cm³/mol. The average molecular weight is 327 g/mol. The quantitative estimate of drug-likeness (QED) is 0.774. The molecular formula is C17H17N3O2S. The van der Waals surface area contributed by atoms with E-state index in [1.807, 2.05) is 31.2 Å². The lowest BCUT2D eigenvalue weighted by molar-refractivity contribution is 0.0938. The van der Waals surface area contributed by atoms with Crippen molar-refractivity contribution in [1.82, 2.24) is 15.3 Å². The fraction of sp³-hybridized carbons (Fsp3) is 0.176. The maximum Gasteiger partial charge on any atom is 0.251 e. The highest BCUT2D eigenvalue weighted by Gasteiger charge is 2.14. The molecule has 2 aromatic carbocycles. The van der Waals surface area contributed by atoms with Crippen LogP contribution in [0.3, 0.4) is 0 Å². The van der Waals surface area contributed by atoms with Crippen molar-refractivity contribution in [2.24, 2.45) is 0 Å². The number of carbonyl (C=O) groups excluding carboxylic acids is 1. The second-order valence-electron chi connectivity index (χ2n) is 5.31. The molecule has 3 rings (SSSR count). The molecule has 0 spiro atoms. The molecule has 1 heterocycles. The summed E-state index contributed by atoms with van der Waals surface area (Å²) in [5.74, 6) is 0.525. The molecule has 0 aliphatic heterocycles. The molecule has 0 aliphatic rings. The van der Waals surface area contributed by atoms with E-state index in [2.05, 4.69) is 15.3 Å². The number of para-hydroxylation sites is 2. The van der Waals surface area contributed by atoms with E-state index in [1.165, 1.54) is 0 Å². The van der Waals surface area contributed by atoms with Crippen molar-refractivity contribution in [3.63, 3.8) is 0 Å². The van der Waals surface area contributed by atoms with Gasteiger partial charge >= 0.3 is 0 Å². The van der Waals surface area contributed by atoms with Gasteiger partial charge in [-0.1, -0.05) is 12.1 Å². The van der Waals surface area contributed by atoms with Gasteiger partial charge in [0.2, 0.25) is 0 Å². The highest BCUT2D eigenvalue weighted by Crippen LogP contribution is 2.16. The number of hydrogen-bond donors (Lipinski definition) is 2. The Morgan fingerprint density at radius 2 is 1.87 bits per heavy atom. The van der Waals surface area contributed by atoms with Crippen molar-refractivity contribution in [2.75, 3.05) is 6.26 Å². The summed E-state index contributed by atoms with van der Waals surface area (Å²) >= 11 is 0.